The van der Waals surface area contributed by atoms with Crippen molar-refractivity contribution in [1.29, 1.82) is 0 Å². The second kappa shape index (κ2) is 9.42. The smallest absolute Gasteiger partial charge is 0.257 e. The number of fused-ring (bicyclic) bond motifs is 1. The highest BCUT2D eigenvalue weighted by Gasteiger charge is 2.22. The summed E-state index contributed by atoms with van der Waals surface area (Å²) in [7, 11) is 0. The van der Waals surface area contributed by atoms with Gasteiger partial charge in [0, 0.05) is 15.8 Å². The number of carbonyl (C=O) groups is 2. The number of primary amides is 1. The van der Waals surface area contributed by atoms with Gasteiger partial charge in [0.05, 0.1) is 28.9 Å². The molecule has 2 aromatic heterocycles. The minimum atomic E-state index is -0.541. The van der Waals surface area contributed by atoms with E-state index in [1.165, 1.54) is 11.3 Å². The van der Waals surface area contributed by atoms with E-state index < -0.39 is 5.91 Å². The third kappa shape index (κ3) is 4.45. The summed E-state index contributed by atoms with van der Waals surface area (Å²) in [4.78, 5) is 31.3. The normalized spacial score (nSPS) is 10.9. The number of benzene rings is 2. The summed E-state index contributed by atoms with van der Waals surface area (Å²) in [5, 5.41) is 4.14. The molecule has 7 heteroatoms. The van der Waals surface area contributed by atoms with E-state index in [2.05, 4.69) is 5.32 Å². The number of hydrogen-bond donors (Lipinski definition) is 2. The molecule has 2 aromatic carbocycles. The number of aryl methyl sites for hydroxylation is 1. The second-order valence-corrected chi connectivity index (χ2v) is 8.77. The molecule has 6 nitrogen and oxygen atoms in total. The van der Waals surface area contributed by atoms with Crippen molar-refractivity contribution >= 4 is 39.1 Å². The van der Waals surface area contributed by atoms with Crippen LogP contribution in [0, 0.1) is 6.92 Å². The fourth-order valence-corrected chi connectivity index (χ4v) is 5.07. The maximum atomic E-state index is 13.4. The molecule has 2 heterocycles. The number of pyridine rings is 1. The van der Waals surface area contributed by atoms with E-state index in [4.69, 9.17) is 15.5 Å². The summed E-state index contributed by atoms with van der Waals surface area (Å²) < 4.78 is 5.53. The molecule has 0 radical (unpaired) electrons. The molecular formula is C26H25N3O3S. The fraction of sp³-hybridized carbons (Fsp3) is 0.192. The molecule has 0 fully saturated rings. The third-order valence-electron chi connectivity index (χ3n) is 5.46. The zero-order chi connectivity index (χ0) is 23.5. The van der Waals surface area contributed by atoms with Crippen LogP contribution < -0.4 is 15.8 Å². The molecule has 4 aromatic rings. The molecule has 0 saturated carbocycles. The Kier molecular flexibility index (Phi) is 6.42. The van der Waals surface area contributed by atoms with Crippen molar-refractivity contribution in [3.63, 3.8) is 0 Å². The minimum absolute atomic E-state index is 0.313. The van der Waals surface area contributed by atoms with E-state index in [9.17, 15) is 9.59 Å². The summed E-state index contributed by atoms with van der Waals surface area (Å²) in [5.74, 6) is -0.0767. The largest absolute Gasteiger partial charge is 0.494 e. The molecule has 0 spiro atoms. The van der Waals surface area contributed by atoms with Crippen molar-refractivity contribution in [2.24, 2.45) is 5.73 Å². The van der Waals surface area contributed by atoms with Gasteiger partial charge in [-0.1, -0.05) is 25.1 Å². The van der Waals surface area contributed by atoms with E-state index in [1.54, 1.807) is 6.07 Å². The molecule has 2 amide bonds. The molecule has 0 bridgehead atoms. The lowest BCUT2D eigenvalue weighted by Gasteiger charge is -2.11. The van der Waals surface area contributed by atoms with Gasteiger partial charge < -0.3 is 15.8 Å². The van der Waals surface area contributed by atoms with Gasteiger partial charge in [-0.2, -0.15) is 0 Å². The lowest BCUT2D eigenvalue weighted by atomic mass is 10.0. The van der Waals surface area contributed by atoms with Crippen LogP contribution in [0.15, 0.2) is 54.6 Å². The van der Waals surface area contributed by atoms with Gasteiger partial charge in [0.2, 0.25) is 0 Å². The Balaban J connectivity index is 1.77. The predicted octanol–water partition coefficient (Wildman–Crippen LogP) is 5.58. The molecule has 3 N–H and O–H groups in total. The zero-order valence-electron chi connectivity index (χ0n) is 18.8. The van der Waals surface area contributed by atoms with Gasteiger partial charge in [-0.3, -0.25) is 9.59 Å². The molecule has 0 aliphatic rings. The van der Waals surface area contributed by atoms with Crippen molar-refractivity contribution in [3.05, 3.63) is 76.2 Å². The van der Waals surface area contributed by atoms with Gasteiger partial charge in [-0.25, -0.2) is 4.98 Å². The Labute approximate surface area is 196 Å². The summed E-state index contributed by atoms with van der Waals surface area (Å²) in [5.41, 5.74) is 9.63. The fourth-order valence-electron chi connectivity index (χ4n) is 3.92. The molecule has 0 unspecified atom stereocenters. The molecule has 0 saturated heterocycles. The summed E-state index contributed by atoms with van der Waals surface area (Å²) in [6.07, 6.45) is 0.663. The van der Waals surface area contributed by atoms with Crippen LogP contribution in [0.1, 0.15) is 45.0 Å². The maximum absolute atomic E-state index is 13.4. The number of hydrogen-bond acceptors (Lipinski definition) is 5. The van der Waals surface area contributed by atoms with Gasteiger partial charge in [-0.15, -0.1) is 11.3 Å². The molecule has 0 atom stereocenters. The molecule has 0 aliphatic carbocycles. The standard InChI is InChI=1S/C26H25N3O3S/c1-4-18-15(3)33-26(23(18)24(27)30)29-25(31)20-14-22(28-21-9-7-6-8-19(20)21)16-10-12-17(13-11-16)32-5-2/h6-14H,4-5H2,1-3H3,(H2,27,30)(H,29,31). The Hall–Kier alpha value is -3.71. The number of nitrogens with two attached hydrogens (primary N) is 1. The molecular weight excluding hydrogens is 434 g/mol. The number of para-hydroxylation sites is 1. The van der Waals surface area contributed by atoms with E-state index in [1.807, 2.05) is 69.3 Å². The molecule has 168 valence electrons. The van der Waals surface area contributed by atoms with Crippen LogP contribution in [0.2, 0.25) is 0 Å². The Bertz CT molecular complexity index is 1340. The molecule has 0 aliphatic heterocycles. The van der Waals surface area contributed by atoms with Crippen LogP contribution in [0.5, 0.6) is 5.75 Å². The first kappa shape index (κ1) is 22.5. The lowest BCUT2D eigenvalue weighted by Crippen LogP contribution is -2.18. The van der Waals surface area contributed by atoms with Gasteiger partial charge >= 0.3 is 0 Å². The van der Waals surface area contributed by atoms with Crippen LogP contribution in [0.4, 0.5) is 5.00 Å². The Morgan fingerprint density at radius 1 is 1.09 bits per heavy atom. The van der Waals surface area contributed by atoms with E-state index in [0.717, 1.165) is 27.1 Å². The number of nitrogens with zero attached hydrogens (tertiary/aromatic N) is 1. The van der Waals surface area contributed by atoms with Crippen LogP contribution >= 0.6 is 11.3 Å². The Morgan fingerprint density at radius 2 is 1.82 bits per heavy atom. The topological polar surface area (TPSA) is 94.3 Å². The lowest BCUT2D eigenvalue weighted by molar-refractivity contribution is 0.100. The third-order valence-corrected chi connectivity index (χ3v) is 6.52. The first-order chi connectivity index (χ1) is 15.9. The highest BCUT2D eigenvalue weighted by atomic mass is 32.1. The van der Waals surface area contributed by atoms with Gasteiger partial charge in [-0.05, 0) is 62.2 Å². The molecule has 4 rings (SSSR count). The predicted molar refractivity (Wildman–Crippen MR) is 133 cm³/mol. The first-order valence-electron chi connectivity index (χ1n) is 10.8. The summed E-state index contributed by atoms with van der Waals surface area (Å²) in [6.45, 7) is 6.42. The SMILES string of the molecule is CCOc1ccc(-c2cc(C(=O)Nc3sc(C)c(CC)c3C(N)=O)c3ccccc3n2)cc1. The van der Waals surface area contributed by atoms with Gasteiger partial charge in [0.15, 0.2) is 0 Å². The number of ether oxygens (including phenoxy) is 1. The average Bonchev–Trinajstić information content (AvgIpc) is 3.13. The minimum Gasteiger partial charge on any atom is -0.494 e. The van der Waals surface area contributed by atoms with Crippen molar-refractivity contribution in [3.8, 4) is 17.0 Å². The van der Waals surface area contributed by atoms with Crippen molar-refractivity contribution in [1.82, 2.24) is 4.98 Å². The van der Waals surface area contributed by atoms with E-state index in [0.29, 0.717) is 40.4 Å². The van der Waals surface area contributed by atoms with E-state index >= 15 is 0 Å². The Morgan fingerprint density at radius 3 is 2.48 bits per heavy atom. The van der Waals surface area contributed by atoms with Crippen LogP contribution in [-0.4, -0.2) is 23.4 Å². The quantitative estimate of drug-likeness (QED) is 0.377. The first-order valence-corrected chi connectivity index (χ1v) is 11.6. The van der Waals surface area contributed by atoms with Crippen molar-refractivity contribution in [2.75, 3.05) is 11.9 Å². The van der Waals surface area contributed by atoms with Gasteiger partial charge in [0.25, 0.3) is 11.8 Å². The zero-order valence-corrected chi connectivity index (χ0v) is 19.6. The van der Waals surface area contributed by atoms with Crippen LogP contribution in [0.3, 0.4) is 0 Å². The van der Waals surface area contributed by atoms with Crippen molar-refractivity contribution in [2.45, 2.75) is 27.2 Å². The number of anilines is 1. The second-order valence-electron chi connectivity index (χ2n) is 7.54. The number of thiophene rings is 1. The number of aromatic nitrogens is 1. The average molecular weight is 460 g/mol. The summed E-state index contributed by atoms with van der Waals surface area (Å²) >= 11 is 1.37. The number of nitrogens with one attached hydrogen (secondary N) is 1. The van der Waals surface area contributed by atoms with Gasteiger partial charge in [0.1, 0.15) is 10.8 Å². The number of rotatable bonds is 7. The number of amides is 2. The number of carbonyl (C=O) groups excluding carboxylic acids is 2. The highest BCUT2D eigenvalue weighted by Crippen LogP contribution is 2.34. The highest BCUT2D eigenvalue weighted by molar-refractivity contribution is 7.16. The summed E-state index contributed by atoms with van der Waals surface area (Å²) in [6, 6.07) is 16.9. The van der Waals surface area contributed by atoms with Crippen molar-refractivity contribution < 1.29 is 14.3 Å². The molecule has 33 heavy (non-hydrogen) atoms. The van der Waals surface area contributed by atoms with E-state index in [-0.39, 0.29) is 5.91 Å². The maximum Gasteiger partial charge on any atom is 0.257 e. The van der Waals surface area contributed by atoms with Crippen LogP contribution in [-0.2, 0) is 6.42 Å². The van der Waals surface area contributed by atoms with Crippen LogP contribution in [0.25, 0.3) is 22.2 Å². The monoisotopic (exact) mass is 459 g/mol.